The summed E-state index contributed by atoms with van der Waals surface area (Å²) < 4.78 is 6.25. The molecule has 0 unspecified atom stereocenters. The summed E-state index contributed by atoms with van der Waals surface area (Å²) in [4.78, 5) is 11.6. The molecule has 4 aromatic rings. The standard InChI is InChI=1S/C20H23N9/c1-12-13(2)22-16-10-15(19-21-6-7-26(19)3)25-29(16)20(12)27-8-9-28-17(11-27)23-24-18(28)14-4-5-14/h6-7,10,14H,4-5,8-9,11H2,1-3H3. The van der Waals surface area contributed by atoms with E-state index in [9.17, 15) is 0 Å². The van der Waals surface area contributed by atoms with Crippen LogP contribution in [0.4, 0.5) is 5.82 Å². The van der Waals surface area contributed by atoms with E-state index in [0.717, 1.165) is 59.7 Å². The van der Waals surface area contributed by atoms with Gasteiger partial charge < -0.3 is 14.0 Å². The van der Waals surface area contributed by atoms with Gasteiger partial charge in [-0.25, -0.2) is 9.97 Å². The van der Waals surface area contributed by atoms with Crippen LogP contribution < -0.4 is 4.90 Å². The predicted molar refractivity (Wildman–Crippen MR) is 108 cm³/mol. The number of hydrogen-bond acceptors (Lipinski definition) is 6. The van der Waals surface area contributed by atoms with Crippen LogP contribution in [0.15, 0.2) is 18.5 Å². The first-order chi connectivity index (χ1) is 14.1. The maximum atomic E-state index is 4.88. The van der Waals surface area contributed by atoms with Crippen LogP contribution >= 0.6 is 0 Å². The number of hydrogen-bond donors (Lipinski definition) is 0. The number of aryl methyl sites for hydroxylation is 2. The van der Waals surface area contributed by atoms with Crippen LogP contribution in [0.3, 0.4) is 0 Å². The van der Waals surface area contributed by atoms with E-state index in [1.807, 2.05) is 28.4 Å². The Morgan fingerprint density at radius 1 is 1.10 bits per heavy atom. The van der Waals surface area contributed by atoms with Gasteiger partial charge in [-0.05, 0) is 26.7 Å². The summed E-state index contributed by atoms with van der Waals surface area (Å²) >= 11 is 0. The van der Waals surface area contributed by atoms with Gasteiger partial charge in [0, 0.05) is 55.8 Å². The first kappa shape index (κ1) is 16.7. The normalized spacial score (nSPS) is 16.6. The van der Waals surface area contributed by atoms with E-state index in [0.29, 0.717) is 5.92 Å². The Labute approximate surface area is 168 Å². The second-order valence-electron chi connectivity index (χ2n) is 8.13. The Kier molecular flexibility index (Phi) is 3.39. The molecule has 1 saturated carbocycles. The molecule has 148 valence electrons. The largest absolute Gasteiger partial charge is 0.347 e. The van der Waals surface area contributed by atoms with Crippen molar-refractivity contribution in [3.63, 3.8) is 0 Å². The van der Waals surface area contributed by atoms with Crippen LogP contribution in [0, 0.1) is 13.8 Å². The van der Waals surface area contributed by atoms with Gasteiger partial charge >= 0.3 is 0 Å². The van der Waals surface area contributed by atoms with Gasteiger partial charge in [0.05, 0.1) is 6.54 Å². The van der Waals surface area contributed by atoms with Crippen LogP contribution in [-0.4, -0.2) is 45.5 Å². The Bertz CT molecular complexity index is 1240. The van der Waals surface area contributed by atoms with Crippen LogP contribution in [0.1, 0.15) is 41.7 Å². The zero-order chi connectivity index (χ0) is 19.7. The topological polar surface area (TPSA) is 82.0 Å². The van der Waals surface area contributed by atoms with Crippen LogP contribution in [0.5, 0.6) is 0 Å². The molecule has 0 spiro atoms. The van der Waals surface area contributed by atoms with E-state index in [-0.39, 0.29) is 0 Å². The molecular weight excluding hydrogens is 366 g/mol. The zero-order valence-corrected chi connectivity index (χ0v) is 16.9. The molecule has 0 aromatic carbocycles. The molecule has 1 aliphatic carbocycles. The summed E-state index contributed by atoms with van der Waals surface area (Å²) in [6, 6.07) is 2.01. The third-order valence-electron chi connectivity index (χ3n) is 6.13. The smallest absolute Gasteiger partial charge is 0.160 e. The maximum absolute atomic E-state index is 4.88. The molecule has 1 aliphatic heterocycles. The van der Waals surface area contributed by atoms with Gasteiger partial charge in [0.2, 0.25) is 0 Å². The number of rotatable bonds is 3. The molecule has 1 fully saturated rings. The molecule has 6 rings (SSSR count). The van der Waals surface area contributed by atoms with Crippen molar-refractivity contribution in [2.24, 2.45) is 7.05 Å². The molecule has 9 heteroatoms. The SMILES string of the molecule is Cc1nc2cc(-c3nccn3C)nn2c(N2CCn3c(nnc3C3CC3)C2)c1C. The fraction of sp³-hybridized carbons (Fsp3) is 0.450. The number of imidazole rings is 1. The minimum absolute atomic E-state index is 0.617. The van der Waals surface area contributed by atoms with Crippen molar-refractivity contribution in [3.8, 4) is 11.5 Å². The highest BCUT2D eigenvalue weighted by Crippen LogP contribution is 2.40. The molecule has 0 atom stereocenters. The van der Waals surface area contributed by atoms with E-state index < -0.39 is 0 Å². The Morgan fingerprint density at radius 2 is 1.97 bits per heavy atom. The molecule has 0 radical (unpaired) electrons. The number of anilines is 1. The molecule has 0 amide bonds. The van der Waals surface area contributed by atoms with Gasteiger partial charge in [-0.2, -0.15) is 9.61 Å². The number of nitrogens with zero attached hydrogens (tertiary/aromatic N) is 9. The highest BCUT2D eigenvalue weighted by molar-refractivity contribution is 5.63. The van der Waals surface area contributed by atoms with Gasteiger partial charge in [0.1, 0.15) is 17.3 Å². The molecular formula is C20H23N9. The predicted octanol–water partition coefficient (Wildman–Crippen LogP) is 2.24. The molecule has 0 saturated heterocycles. The van der Waals surface area contributed by atoms with Gasteiger partial charge in [-0.15, -0.1) is 10.2 Å². The highest BCUT2D eigenvalue weighted by atomic mass is 15.4. The summed E-state index contributed by atoms with van der Waals surface area (Å²) in [6.07, 6.45) is 6.21. The van der Waals surface area contributed by atoms with Gasteiger partial charge in [-0.1, -0.05) is 0 Å². The van der Waals surface area contributed by atoms with Crippen LogP contribution in [-0.2, 0) is 20.1 Å². The average Bonchev–Trinajstić information content (AvgIpc) is 3.12. The molecule has 0 bridgehead atoms. The zero-order valence-electron chi connectivity index (χ0n) is 16.9. The Hall–Kier alpha value is -3.23. The third kappa shape index (κ3) is 2.49. The third-order valence-corrected chi connectivity index (χ3v) is 6.13. The summed E-state index contributed by atoms with van der Waals surface area (Å²) in [7, 11) is 1.98. The molecule has 5 heterocycles. The van der Waals surface area contributed by atoms with Gasteiger partial charge in [-0.3, -0.25) is 0 Å². The molecule has 2 aliphatic rings. The van der Waals surface area contributed by atoms with Crippen molar-refractivity contribution in [2.45, 2.75) is 45.7 Å². The van der Waals surface area contributed by atoms with E-state index in [1.54, 1.807) is 6.20 Å². The Balaban J connectivity index is 1.45. The van der Waals surface area contributed by atoms with Crippen molar-refractivity contribution in [3.05, 3.63) is 41.4 Å². The van der Waals surface area contributed by atoms with E-state index >= 15 is 0 Å². The first-order valence-corrected chi connectivity index (χ1v) is 10.1. The van der Waals surface area contributed by atoms with Crippen molar-refractivity contribution in [1.82, 2.24) is 38.9 Å². The van der Waals surface area contributed by atoms with Crippen LogP contribution in [0.25, 0.3) is 17.2 Å². The van der Waals surface area contributed by atoms with Crippen molar-refractivity contribution < 1.29 is 0 Å². The van der Waals surface area contributed by atoms with Crippen molar-refractivity contribution >= 4 is 11.5 Å². The molecule has 29 heavy (non-hydrogen) atoms. The lowest BCUT2D eigenvalue weighted by Gasteiger charge is -2.31. The number of fused-ring (bicyclic) bond motifs is 2. The molecule has 4 aromatic heterocycles. The summed E-state index contributed by atoms with van der Waals surface area (Å²) in [6.45, 7) is 6.72. The highest BCUT2D eigenvalue weighted by Gasteiger charge is 2.33. The summed E-state index contributed by atoms with van der Waals surface area (Å²) in [5.74, 6) is 4.74. The van der Waals surface area contributed by atoms with E-state index in [4.69, 9.17) is 10.1 Å². The fourth-order valence-corrected chi connectivity index (χ4v) is 4.28. The lowest BCUT2D eigenvalue weighted by atomic mass is 10.2. The van der Waals surface area contributed by atoms with Crippen LogP contribution in [0.2, 0.25) is 0 Å². The second-order valence-corrected chi connectivity index (χ2v) is 8.13. The molecule has 0 N–H and O–H groups in total. The average molecular weight is 389 g/mol. The lowest BCUT2D eigenvalue weighted by Crippen LogP contribution is -2.36. The minimum atomic E-state index is 0.617. The second kappa shape index (κ2) is 5.88. The van der Waals surface area contributed by atoms with E-state index in [2.05, 4.69) is 38.5 Å². The number of aromatic nitrogens is 8. The summed E-state index contributed by atoms with van der Waals surface area (Å²) in [5, 5.41) is 13.9. The molecule has 9 nitrogen and oxygen atoms in total. The summed E-state index contributed by atoms with van der Waals surface area (Å²) in [5.41, 5.74) is 3.83. The fourth-order valence-electron chi connectivity index (χ4n) is 4.28. The first-order valence-electron chi connectivity index (χ1n) is 10.1. The van der Waals surface area contributed by atoms with E-state index in [1.165, 1.54) is 18.7 Å². The van der Waals surface area contributed by atoms with Crippen molar-refractivity contribution in [2.75, 3.05) is 11.4 Å². The minimum Gasteiger partial charge on any atom is -0.347 e. The Morgan fingerprint density at radius 3 is 2.72 bits per heavy atom. The monoisotopic (exact) mass is 389 g/mol. The van der Waals surface area contributed by atoms with Gasteiger partial charge in [0.15, 0.2) is 17.3 Å². The van der Waals surface area contributed by atoms with Crippen molar-refractivity contribution in [1.29, 1.82) is 0 Å². The maximum Gasteiger partial charge on any atom is 0.160 e. The quantitative estimate of drug-likeness (QED) is 0.534. The van der Waals surface area contributed by atoms with Gasteiger partial charge in [0.25, 0.3) is 0 Å². The lowest BCUT2D eigenvalue weighted by molar-refractivity contribution is 0.535.